The fraction of sp³-hybridized carbons (Fsp3) is 0.571. The highest BCUT2D eigenvalue weighted by molar-refractivity contribution is 9.10. The van der Waals surface area contributed by atoms with Gasteiger partial charge in [-0.15, -0.1) is 0 Å². The van der Waals surface area contributed by atoms with E-state index in [1.54, 1.807) is 7.11 Å². The number of nitrogens with one attached hydrogen (secondary N) is 1. The molecule has 0 saturated heterocycles. The van der Waals surface area contributed by atoms with Crippen LogP contribution in [0.25, 0.3) is 0 Å². The second-order valence-electron chi connectivity index (χ2n) is 5.31. The second-order valence-corrected chi connectivity index (χ2v) is 6.11. The minimum atomic E-state index is -0.0112. The van der Waals surface area contributed by atoms with Crippen molar-refractivity contribution in [2.24, 2.45) is 5.73 Å². The van der Waals surface area contributed by atoms with E-state index in [0.717, 1.165) is 35.3 Å². The molecule has 0 unspecified atom stereocenters. The molecule has 100 valence electrons. The number of nitrogens with two attached hydrogens (primary N) is 1. The summed E-state index contributed by atoms with van der Waals surface area (Å²) in [6.07, 6.45) is 2.21. The molecule has 18 heavy (non-hydrogen) atoms. The van der Waals surface area contributed by atoms with Crippen molar-refractivity contribution in [1.82, 2.24) is 0 Å². The van der Waals surface area contributed by atoms with Crippen LogP contribution < -0.4 is 15.8 Å². The van der Waals surface area contributed by atoms with Crippen LogP contribution in [0.1, 0.15) is 29.5 Å². The highest BCUT2D eigenvalue weighted by atomic mass is 79.9. The summed E-state index contributed by atoms with van der Waals surface area (Å²) in [4.78, 5) is 0. The fourth-order valence-corrected chi connectivity index (χ4v) is 2.65. The van der Waals surface area contributed by atoms with E-state index in [0.29, 0.717) is 0 Å². The molecule has 0 spiro atoms. The lowest BCUT2D eigenvalue weighted by atomic mass is 10.0. The number of benzene rings is 1. The maximum Gasteiger partial charge on any atom is 0.145 e. The van der Waals surface area contributed by atoms with E-state index in [-0.39, 0.29) is 5.54 Å². The molecular weight excluding hydrogens is 292 g/mol. The molecule has 0 radical (unpaired) electrons. The zero-order valence-corrected chi connectivity index (χ0v) is 13.1. The van der Waals surface area contributed by atoms with Crippen LogP contribution in [0.2, 0.25) is 0 Å². The molecule has 0 aliphatic heterocycles. The lowest BCUT2D eigenvalue weighted by molar-refractivity contribution is 0.412. The van der Waals surface area contributed by atoms with Gasteiger partial charge in [0.05, 0.1) is 12.8 Å². The highest BCUT2D eigenvalue weighted by Gasteiger charge is 2.38. The average molecular weight is 313 g/mol. The molecular formula is C14H21BrN2O. The number of halogens is 1. The summed E-state index contributed by atoms with van der Waals surface area (Å²) in [5, 5.41) is 3.46. The van der Waals surface area contributed by atoms with Gasteiger partial charge in [0, 0.05) is 16.6 Å². The fourth-order valence-electron chi connectivity index (χ4n) is 2.15. The third kappa shape index (κ3) is 2.36. The van der Waals surface area contributed by atoms with Gasteiger partial charge < -0.3 is 15.8 Å². The molecule has 0 bridgehead atoms. The normalized spacial score (nSPS) is 16.6. The Morgan fingerprint density at radius 2 is 1.83 bits per heavy atom. The number of hydrogen-bond acceptors (Lipinski definition) is 3. The Balaban J connectivity index is 2.37. The van der Waals surface area contributed by atoms with Crippen molar-refractivity contribution < 1.29 is 4.74 Å². The number of ether oxygens (including phenoxy) is 1. The molecule has 0 heterocycles. The zero-order valence-electron chi connectivity index (χ0n) is 11.5. The molecule has 1 aromatic rings. The third-order valence-corrected chi connectivity index (χ3v) is 5.07. The van der Waals surface area contributed by atoms with Crippen LogP contribution in [0.15, 0.2) is 4.47 Å². The lowest BCUT2D eigenvalue weighted by Crippen LogP contribution is -2.31. The molecule has 3 N–H and O–H groups in total. The number of rotatable bonds is 4. The first-order valence-corrected chi connectivity index (χ1v) is 7.05. The molecule has 1 aromatic carbocycles. The topological polar surface area (TPSA) is 47.3 Å². The molecule has 0 aromatic heterocycles. The Morgan fingerprint density at radius 1 is 1.22 bits per heavy atom. The minimum Gasteiger partial charge on any atom is -0.494 e. The van der Waals surface area contributed by atoms with Crippen molar-refractivity contribution >= 4 is 21.6 Å². The monoisotopic (exact) mass is 312 g/mol. The largest absolute Gasteiger partial charge is 0.494 e. The first-order valence-electron chi connectivity index (χ1n) is 6.25. The minimum absolute atomic E-state index is 0.0112. The molecule has 0 amide bonds. The van der Waals surface area contributed by atoms with Crippen LogP contribution >= 0.6 is 15.9 Å². The highest BCUT2D eigenvalue weighted by Crippen LogP contribution is 2.41. The van der Waals surface area contributed by atoms with Gasteiger partial charge in [-0.3, -0.25) is 0 Å². The van der Waals surface area contributed by atoms with Gasteiger partial charge in [0.25, 0.3) is 0 Å². The molecule has 3 nitrogen and oxygen atoms in total. The Hall–Kier alpha value is -0.740. The summed E-state index contributed by atoms with van der Waals surface area (Å²) in [6.45, 7) is 7.08. The number of hydrogen-bond donors (Lipinski definition) is 2. The lowest BCUT2D eigenvalue weighted by Gasteiger charge is -2.21. The van der Waals surface area contributed by atoms with Gasteiger partial charge >= 0.3 is 0 Å². The van der Waals surface area contributed by atoms with E-state index in [1.807, 2.05) is 0 Å². The molecule has 0 atom stereocenters. The van der Waals surface area contributed by atoms with Crippen LogP contribution in [-0.4, -0.2) is 19.2 Å². The summed E-state index contributed by atoms with van der Waals surface area (Å²) in [5.74, 6) is 0.928. The Kier molecular flexibility index (Phi) is 3.60. The standard InChI is InChI=1S/C14H21BrN2O/c1-8-9(2)13(18-4)12(10(3)11(8)15)17-7-14(16)5-6-14/h17H,5-7,16H2,1-4H3. The number of methoxy groups -OCH3 is 1. The van der Waals surface area contributed by atoms with Gasteiger partial charge in [0.2, 0.25) is 0 Å². The van der Waals surface area contributed by atoms with E-state index < -0.39 is 0 Å². The maximum absolute atomic E-state index is 6.13. The summed E-state index contributed by atoms with van der Waals surface area (Å²) < 4.78 is 6.70. The van der Waals surface area contributed by atoms with Crippen molar-refractivity contribution in [3.63, 3.8) is 0 Å². The molecule has 1 fully saturated rings. The van der Waals surface area contributed by atoms with Gasteiger partial charge in [-0.2, -0.15) is 0 Å². The van der Waals surface area contributed by atoms with Crippen molar-refractivity contribution in [2.75, 3.05) is 19.0 Å². The van der Waals surface area contributed by atoms with Crippen molar-refractivity contribution in [1.29, 1.82) is 0 Å². The summed E-state index contributed by atoms with van der Waals surface area (Å²) in [5.41, 5.74) is 10.7. The van der Waals surface area contributed by atoms with E-state index in [1.165, 1.54) is 16.7 Å². The second kappa shape index (κ2) is 4.74. The van der Waals surface area contributed by atoms with Crippen LogP contribution in [0.5, 0.6) is 5.75 Å². The maximum atomic E-state index is 6.13. The van der Waals surface area contributed by atoms with E-state index in [4.69, 9.17) is 10.5 Å². The Labute approximate surface area is 117 Å². The molecule has 1 saturated carbocycles. The van der Waals surface area contributed by atoms with Gasteiger partial charge in [0.1, 0.15) is 5.75 Å². The predicted octanol–water partition coefficient (Wildman–Crippen LogP) is 3.29. The van der Waals surface area contributed by atoms with Crippen LogP contribution in [-0.2, 0) is 0 Å². The zero-order chi connectivity index (χ0) is 13.5. The Bertz CT molecular complexity index is 481. The van der Waals surface area contributed by atoms with Crippen molar-refractivity contribution in [3.05, 3.63) is 21.2 Å². The predicted molar refractivity (Wildman–Crippen MR) is 79.5 cm³/mol. The summed E-state index contributed by atoms with van der Waals surface area (Å²) in [7, 11) is 1.72. The quantitative estimate of drug-likeness (QED) is 0.897. The first-order chi connectivity index (χ1) is 8.39. The number of anilines is 1. The van der Waals surface area contributed by atoms with E-state index in [2.05, 4.69) is 42.0 Å². The van der Waals surface area contributed by atoms with Gasteiger partial charge in [0.15, 0.2) is 0 Å². The van der Waals surface area contributed by atoms with Gasteiger partial charge in [-0.05, 0) is 50.3 Å². The van der Waals surface area contributed by atoms with Gasteiger partial charge in [-0.25, -0.2) is 0 Å². The molecule has 2 rings (SSSR count). The molecule has 1 aliphatic rings. The first kappa shape index (κ1) is 13.7. The van der Waals surface area contributed by atoms with Crippen molar-refractivity contribution in [2.45, 2.75) is 39.2 Å². The van der Waals surface area contributed by atoms with Crippen LogP contribution in [0, 0.1) is 20.8 Å². The summed E-state index contributed by atoms with van der Waals surface area (Å²) >= 11 is 3.65. The molecule has 4 heteroatoms. The van der Waals surface area contributed by atoms with Crippen LogP contribution in [0.4, 0.5) is 5.69 Å². The Morgan fingerprint density at radius 3 is 2.33 bits per heavy atom. The SMILES string of the molecule is COc1c(C)c(C)c(Br)c(C)c1NCC1(N)CC1. The molecule has 1 aliphatic carbocycles. The van der Waals surface area contributed by atoms with E-state index in [9.17, 15) is 0 Å². The average Bonchev–Trinajstić information content (AvgIpc) is 3.08. The van der Waals surface area contributed by atoms with E-state index >= 15 is 0 Å². The van der Waals surface area contributed by atoms with Crippen molar-refractivity contribution in [3.8, 4) is 5.75 Å². The smallest absolute Gasteiger partial charge is 0.145 e. The van der Waals surface area contributed by atoms with Gasteiger partial charge in [-0.1, -0.05) is 15.9 Å². The summed E-state index contributed by atoms with van der Waals surface area (Å²) in [6, 6.07) is 0. The van der Waals surface area contributed by atoms with Crippen LogP contribution in [0.3, 0.4) is 0 Å². The third-order valence-electron chi connectivity index (χ3n) is 3.88.